The third kappa shape index (κ3) is 5.23. The Bertz CT molecular complexity index is 411. The van der Waals surface area contributed by atoms with Crippen molar-refractivity contribution < 1.29 is 9.90 Å². The highest BCUT2D eigenvalue weighted by atomic mass is 35.5. The number of benzene rings is 1. The minimum atomic E-state index is -0.397. The summed E-state index contributed by atoms with van der Waals surface area (Å²) in [4.78, 5) is 11.8. The Morgan fingerprint density at radius 2 is 2.11 bits per heavy atom. The molecule has 0 aromatic heterocycles. The third-order valence-corrected chi connectivity index (χ3v) is 2.75. The van der Waals surface area contributed by atoms with Gasteiger partial charge in [-0.1, -0.05) is 23.2 Å². The largest absolute Gasteiger partial charge is 0.392 e. The van der Waals surface area contributed by atoms with Gasteiger partial charge in [0.1, 0.15) is 0 Å². The molecule has 6 heteroatoms. The zero-order valence-corrected chi connectivity index (χ0v) is 11.6. The van der Waals surface area contributed by atoms with Gasteiger partial charge >= 0.3 is 0 Å². The Morgan fingerprint density at radius 3 is 2.72 bits per heavy atom. The number of nitrogens with one attached hydrogen (secondary N) is 2. The van der Waals surface area contributed by atoms with Crippen molar-refractivity contribution in [1.82, 2.24) is 10.6 Å². The van der Waals surface area contributed by atoms with E-state index >= 15 is 0 Å². The number of aliphatic hydroxyl groups excluding tert-OH is 1. The van der Waals surface area contributed by atoms with Gasteiger partial charge in [-0.2, -0.15) is 0 Å². The number of hydrogen-bond acceptors (Lipinski definition) is 3. The Kier molecular flexibility index (Phi) is 6.43. The molecule has 1 unspecified atom stereocenters. The van der Waals surface area contributed by atoms with E-state index < -0.39 is 6.10 Å². The van der Waals surface area contributed by atoms with Crippen LogP contribution in [0, 0.1) is 0 Å². The van der Waals surface area contributed by atoms with Crippen molar-refractivity contribution in [1.29, 1.82) is 0 Å². The number of carbonyl (C=O) groups is 1. The van der Waals surface area contributed by atoms with E-state index in [9.17, 15) is 4.79 Å². The number of rotatable bonds is 6. The average Bonchev–Trinajstić information content (AvgIpc) is 2.27. The average molecular weight is 291 g/mol. The van der Waals surface area contributed by atoms with E-state index in [0.29, 0.717) is 35.2 Å². The van der Waals surface area contributed by atoms with Crippen LogP contribution in [0.25, 0.3) is 0 Å². The lowest BCUT2D eigenvalue weighted by atomic mass is 10.2. The summed E-state index contributed by atoms with van der Waals surface area (Å²) < 4.78 is 0. The topological polar surface area (TPSA) is 61.4 Å². The molecule has 1 amide bonds. The first-order valence-corrected chi connectivity index (χ1v) is 6.38. The maximum Gasteiger partial charge on any atom is 0.252 e. The second kappa shape index (κ2) is 7.59. The van der Waals surface area contributed by atoms with Crippen molar-refractivity contribution >= 4 is 29.1 Å². The van der Waals surface area contributed by atoms with Crippen LogP contribution >= 0.6 is 23.2 Å². The van der Waals surface area contributed by atoms with Crippen molar-refractivity contribution in [3.05, 3.63) is 33.8 Å². The van der Waals surface area contributed by atoms with Gasteiger partial charge in [0.2, 0.25) is 0 Å². The van der Waals surface area contributed by atoms with E-state index in [4.69, 9.17) is 28.3 Å². The Balaban J connectivity index is 2.36. The highest BCUT2D eigenvalue weighted by Crippen LogP contribution is 2.20. The molecule has 0 aliphatic carbocycles. The van der Waals surface area contributed by atoms with Crippen LogP contribution in [0.4, 0.5) is 0 Å². The van der Waals surface area contributed by atoms with Crippen LogP contribution in [0.1, 0.15) is 17.3 Å². The van der Waals surface area contributed by atoms with Crippen molar-refractivity contribution in [3.8, 4) is 0 Å². The second-order valence-electron chi connectivity index (χ2n) is 3.93. The summed E-state index contributed by atoms with van der Waals surface area (Å²) in [6.45, 7) is 3.24. The molecule has 3 N–H and O–H groups in total. The van der Waals surface area contributed by atoms with Gasteiger partial charge < -0.3 is 15.7 Å². The molecule has 0 saturated heterocycles. The van der Waals surface area contributed by atoms with Gasteiger partial charge in [0, 0.05) is 24.7 Å². The summed E-state index contributed by atoms with van der Waals surface area (Å²) in [6, 6.07) is 4.74. The van der Waals surface area contributed by atoms with Gasteiger partial charge in [-0.3, -0.25) is 4.79 Å². The van der Waals surface area contributed by atoms with Crippen molar-refractivity contribution in [2.75, 3.05) is 19.6 Å². The number of hydrogen-bond donors (Lipinski definition) is 3. The SMILES string of the molecule is CC(O)CNCCNC(=O)c1ccc(Cl)cc1Cl. The van der Waals surface area contributed by atoms with Crippen molar-refractivity contribution in [2.24, 2.45) is 0 Å². The summed E-state index contributed by atoms with van der Waals surface area (Å²) in [6.07, 6.45) is -0.397. The maximum absolute atomic E-state index is 11.8. The van der Waals surface area contributed by atoms with Gasteiger partial charge in [-0.05, 0) is 25.1 Å². The van der Waals surface area contributed by atoms with E-state index in [1.165, 1.54) is 6.07 Å². The minimum absolute atomic E-state index is 0.240. The molecule has 0 spiro atoms. The Morgan fingerprint density at radius 1 is 1.39 bits per heavy atom. The predicted molar refractivity (Wildman–Crippen MR) is 73.3 cm³/mol. The molecule has 1 atom stereocenters. The van der Waals surface area contributed by atoms with Crippen LogP contribution in [0.5, 0.6) is 0 Å². The lowest BCUT2D eigenvalue weighted by Crippen LogP contribution is -2.34. The lowest BCUT2D eigenvalue weighted by Gasteiger charge is -2.09. The molecule has 0 saturated carbocycles. The molecule has 1 aromatic carbocycles. The van der Waals surface area contributed by atoms with E-state index in [1.54, 1.807) is 19.1 Å². The quantitative estimate of drug-likeness (QED) is 0.699. The van der Waals surface area contributed by atoms with Gasteiger partial charge in [-0.15, -0.1) is 0 Å². The molecule has 18 heavy (non-hydrogen) atoms. The lowest BCUT2D eigenvalue weighted by molar-refractivity contribution is 0.0954. The summed E-state index contributed by atoms with van der Waals surface area (Å²) >= 11 is 11.7. The van der Waals surface area contributed by atoms with Crippen LogP contribution in [0.2, 0.25) is 10.0 Å². The molecule has 0 aliphatic rings. The first-order chi connectivity index (χ1) is 8.50. The first-order valence-electron chi connectivity index (χ1n) is 5.62. The molecular weight excluding hydrogens is 275 g/mol. The van der Waals surface area contributed by atoms with Crippen LogP contribution < -0.4 is 10.6 Å². The standard InChI is InChI=1S/C12H16Cl2N2O2/c1-8(17)7-15-4-5-16-12(18)10-3-2-9(13)6-11(10)14/h2-3,6,8,15,17H,4-5,7H2,1H3,(H,16,18). The fourth-order valence-electron chi connectivity index (χ4n) is 1.34. The fraction of sp³-hybridized carbons (Fsp3) is 0.417. The Labute approximate surface area is 116 Å². The third-order valence-electron chi connectivity index (χ3n) is 2.20. The maximum atomic E-state index is 11.8. The number of aliphatic hydroxyl groups is 1. The number of amides is 1. The second-order valence-corrected chi connectivity index (χ2v) is 4.78. The van der Waals surface area contributed by atoms with E-state index in [2.05, 4.69) is 10.6 Å². The van der Waals surface area contributed by atoms with Gasteiger partial charge in [-0.25, -0.2) is 0 Å². The first kappa shape index (κ1) is 15.2. The molecule has 0 aliphatic heterocycles. The summed E-state index contributed by atoms with van der Waals surface area (Å²) in [5, 5.41) is 15.6. The number of carbonyl (C=O) groups excluding carboxylic acids is 1. The molecule has 0 radical (unpaired) electrons. The summed E-state index contributed by atoms with van der Waals surface area (Å²) in [5.74, 6) is -0.240. The molecule has 0 heterocycles. The van der Waals surface area contributed by atoms with E-state index in [1.807, 2.05) is 0 Å². The normalized spacial score (nSPS) is 12.2. The predicted octanol–water partition coefficient (Wildman–Crippen LogP) is 1.69. The van der Waals surface area contributed by atoms with Gasteiger partial charge in [0.15, 0.2) is 0 Å². The molecule has 1 rings (SSSR count). The molecule has 1 aromatic rings. The molecular formula is C12H16Cl2N2O2. The monoisotopic (exact) mass is 290 g/mol. The molecule has 0 fully saturated rings. The fourth-order valence-corrected chi connectivity index (χ4v) is 1.84. The summed E-state index contributed by atoms with van der Waals surface area (Å²) in [5.41, 5.74) is 0.400. The molecule has 4 nitrogen and oxygen atoms in total. The minimum Gasteiger partial charge on any atom is -0.392 e. The van der Waals surface area contributed by atoms with Crippen LogP contribution in [0.15, 0.2) is 18.2 Å². The van der Waals surface area contributed by atoms with E-state index in [0.717, 1.165) is 0 Å². The van der Waals surface area contributed by atoms with Crippen molar-refractivity contribution in [3.63, 3.8) is 0 Å². The molecule has 0 bridgehead atoms. The highest BCUT2D eigenvalue weighted by Gasteiger charge is 2.09. The molecule has 100 valence electrons. The van der Waals surface area contributed by atoms with Gasteiger partial charge in [0.25, 0.3) is 5.91 Å². The Hall–Kier alpha value is -0.810. The highest BCUT2D eigenvalue weighted by molar-refractivity contribution is 6.36. The smallest absolute Gasteiger partial charge is 0.252 e. The zero-order valence-electron chi connectivity index (χ0n) is 10.0. The zero-order chi connectivity index (χ0) is 13.5. The van der Waals surface area contributed by atoms with Crippen LogP contribution in [-0.2, 0) is 0 Å². The van der Waals surface area contributed by atoms with Gasteiger partial charge in [0.05, 0.1) is 16.7 Å². The van der Waals surface area contributed by atoms with E-state index in [-0.39, 0.29) is 5.91 Å². The number of halogens is 2. The summed E-state index contributed by atoms with van der Waals surface area (Å²) in [7, 11) is 0. The van der Waals surface area contributed by atoms with Crippen LogP contribution in [-0.4, -0.2) is 36.8 Å². The van der Waals surface area contributed by atoms with Crippen LogP contribution in [0.3, 0.4) is 0 Å². The van der Waals surface area contributed by atoms with Crippen molar-refractivity contribution in [2.45, 2.75) is 13.0 Å².